The monoisotopic (exact) mass is 318 g/mol. The Balaban J connectivity index is 2.22. The fraction of sp³-hybridized carbons (Fsp3) is 0.600. The Morgan fingerprint density at radius 2 is 1.75 bits per heavy atom. The fourth-order valence-corrected chi connectivity index (χ4v) is 3.33. The fourth-order valence-electron chi connectivity index (χ4n) is 2.68. The van der Waals surface area contributed by atoms with Crippen LogP contribution < -0.4 is 0 Å². The predicted molar refractivity (Wildman–Crippen MR) is 80.0 cm³/mol. The van der Waals surface area contributed by atoms with Crippen molar-refractivity contribution in [1.82, 2.24) is 0 Å². The lowest BCUT2D eigenvalue weighted by Gasteiger charge is -2.36. The van der Waals surface area contributed by atoms with Crippen molar-refractivity contribution < 1.29 is 14.9 Å². The first-order valence-corrected chi connectivity index (χ1v) is 7.76. The van der Waals surface area contributed by atoms with Crippen molar-refractivity contribution in [2.45, 2.75) is 50.4 Å². The lowest BCUT2D eigenvalue weighted by Crippen LogP contribution is -2.36. The van der Waals surface area contributed by atoms with E-state index in [2.05, 4.69) is 0 Å². The van der Waals surface area contributed by atoms with Crippen molar-refractivity contribution in [2.24, 2.45) is 0 Å². The second-order valence-corrected chi connectivity index (χ2v) is 6.08. The molecule has 1 aliphatic carbocycles. The summed E-state index contributed by atoms with van der Waals surface area (Å²) in [5.41, 5.74) is 0.642. The molecule has 0 radical (unpaired) electrons. The van der Waals surface area contributed by atoms with Crippen molar-refractivity contribution >= 4 is 23.2 Å². The van der Waals surface area contributed by atoms with Crippen LogP contribution in [0.3, 0.4) is 0 Å². The summed E-state index contributed by atoms with van der Waals surface area (Å²) in [6.45, 7) is -0.0533. The van der Waals surface area contributed by atoms with Crippen LogP contribution in [0.25, 0.3) is 0 Å². The second-order valence-electron chi connectivity index (χ2n) is 5.26. The number of hydrogen-bond acceptors (Lipinski definition) is 3. The smallest absolute Gasteiger partial charge is 0.166 e. The lowest BCUT2D eigenvalue weighted by molar-refractivity contribution is -0.249. The highest BCUT2D eigenvalue weighted by Gasteiger charge is 2.34. The van der Waals surface area contributed by atoms with E-state index < -0.39 is 11.9 Å². The van der Waals surface area contributed by atoms with E-state index in [1.54, 1.807) is 18.2 Å². The highest BCUT2D eigenvalue weighted by Crippen LogP contribution is 2.39. The van der Waals surface area contributed by atoms with Gasteiger partial charge >= 0.3 is 0 Å². The number of hydrogen-bond donors (Lipinski definition) is 2. The molecule has 20 heavy (non-hydrogen) atoms. The van der Waals surface area contributed by atoms with Crippen molar-refractivity contribution in [1.29, 1.82) is 0 Å². The van der Waals surface area contributed by atoms with E-state index in [4.69, 9.17) is 27.9 Å². The van der Waals surface area contributed by atoms with Gasteiger partial charge in [-0.25, -0.2) is 0 Å². The number of aliphatic hydroxyl groups is 2. The summed E-state index contributed by atoms with van der Waals surface area (Å²) in [5.74, 6) is -1.14. The Labute approximate surface area is 129 Å². The molecule has 1 unspecified atom stereocenters. The average Bonchev–Trinajstić information content (AvgIpc) is 2.39. The van der Waals surface area contributed by atoms with Gasteiger partial charge in [0.15, 0.2) is 5.79 Å². The average molecular weight is 319 g/mol. The van der Waals surface area contributed by atoms with Gasteiger partial charge in [0, 0.05) is 41.5 Å². The molecular formula is C15H20Cl2O3. The molecule has 112 valence electrons. The Bertz CT molecular complexity index is 424. The predicted octanol–water partition coefficient (Wildman–Crippen LogP) is 4.09. The lowest BCUT2D eigenvalue weighted by atomic mass is 9.93. The van der Waals surface area contributed by atoms with E-state index in [-0.39, 0.29) is 6.61 Å². The third kappa shape index (κ3) is 3.86. The van der Waals surface area contributed by atoms with Crippen LogP contribution in [0.1, 0.15) is 50.2 Å². The zero-order valence-electron chi connectivity index (χ0n) is 11.3. The minimum Gasteiger partial charge on any atom is -0.396 e. The molecule has 0 heterocycles. The number of aliphatic hydroxyl groups excluding tert-OH is 1. The minimum absolute atomic E-state index is 0.0533. The second kappa shape index (κ2) is 7.10. The molecule has 1 saturated carbocycles. The van der Waals surface area contributed by atoms with Gasteiger partial charge in [-0.05, 0) is 25.0 Å². The molecule has 0 saturated heterocycles. The van der Waals surface area contributed by atoms with E-state index in [1.165, 1.54) is 0 Å². The summed E-state index contributed by atoms with van der Waals surface area (Å²) in [4.78, 5) is 0. The molecule has 3 nitrogen and oxygen atoms in total. The topological polar surface area (TPSA) is 49.7 Å². The molecule has 0 amide bonds. The van der Waals surface area contributed by atoms with Gasteiger partial charge in [-0.1, -0.05) is 35.7 Å². The van der Waals surface area contributed by atoms with Crippen molar-refractivity contribution in [2.75, 3.05) is 6.61 Å². The molecule has 0 aromatic heterocycles. The molecule has 1 aromatic carbocycles. The minimum atomic E-state index is -1.14. The van der Waals surface area contributed by atoms with E-state index in [9.17, 15) is 10.2 Å². The normalized spacial score (nSPS) is 19.8. The van der Waals surface area contributed by atoms with Gasteiger partial charge < -0.3 is 14.9 Å². The summed E-state index contributed by atoms with van der Waals surface area (Å²) in [7, 11) is 0. The maximum atomic E-state index is 10.5. The molecule has 1 atom stereocenters. The van der Waals surface area contributed by atoms with Crippen molar-refractivity contribution in [3.63, 3.8) is 0 Å². The van der Waals surface area contributed by atoms with Gasteiger partial charge in [-0.15, -0.1) is 0 Å². The summed E-state index contributed by atoms with van der Waals surface area (Å²) in [6, 6.07) is 5.24. The first-order valence-electron chi connectivity index (χ1n) is 7.01. The van der Waals surface area contributed by atoms with Crippen LogP contribution >= 0.6 is 23.2 Å². The largest absolute Gasteiger partial charge is 0.396 e. The summed E-state index contributed by atoms with van der Waals surface area (Å²) < 4.78 is 5.89. The molecule has 5 heteroatoms. The van der Waals surface area contributed by atoms with E-state index in [1.807, 2.05) is 0 Å². The van der Waals surface area contributed by atoms with Gasteiger partial charge in [-0.3, -0.25) is 0 Å². The van der Waals surface area contributed by atoms with Crippen LogP contribution in [-0.2, 0) is 4.74 Å². The summed E-state index contributed by atoms with van der Waals surface area (Å²) >= 11 is 12.4. The van der Waals surface area contributed by atoms with E-state index >= 15 is 0 Å². The van der Waals surface area contributed by atoms with E-state index in [0.29, 0.717) is 34.9 Å². The maximum Gasteiger partial charge on any atom is 0.166 e. The first kappa shape index (κ1) is 16.1. The SMILES string of the molecule is OCCC(OC1(O)CCCCC1)c1c(Cl)cccc1Cl. The third-order valence-corrected chi connectivity index (χ3v) is 4.37. The van der Waals surface area contributed by atoms with Gasteiger partial charge in [0.25, 0.3) is 0 Å². The molecule has 1 aromatic rings. The summed E-state index contributed by atoms with van der Waals surface area (Å²) in [5, 5.41) is 20.8. The van der Waals surface area contributed by atoms with Crippen LogP contribution in [0.2, 0.25) is 10.0 Å². The number of rotatable bonds is 5. The molecule has 1 fully saturated rings. The number of ether oxygens (including phenoxy) is 1. The zero-order chi connectivity index (χ0) is 14.6. The molecule has 0 aliphatic heterocycles. The highest BCUT2D eigenvalue weighted by molar-refractivity contribution is 6.36. The molecule has 0 spiro atoms. The summed E-state index contributed by atoms with van der Waals surface area (Å²) in [6.07, 6.45) is 4.07. The molecule has 1 aliphatic rings. The van der Waals surface area contributed by atoms with Gasteiger partial charge in [0.2, 0.25) is 0 Å². The van der Waals surface area contributed by atoms with Crippen LogP contribution in [0.15, 0.2) is 18.2 Å². The molecule has 2 rings (SSSR count). The quantitative estimate of drug-likeness (QED) is 0.804. The van der Waals surface area contributed by atoms with Crippen molar-refractivity contribution in [3.8, 4) is 0 Å². The van der Waals surface area contributed by atoms with Gasteiger partial charge in [0.1, 0.15) is 0 Å². The van der Waals surface area contributed by atoms with E-state index in [0.717, 1.165) is 19.3 Å². The number of benzene rings is 1. The van der Waals surface area contributed by atoms with Crippen molar-refractivity contribution in [3.05, 3.63) is 33.8 Å². The third-order valence-electron chi connectivity index (χ3n) is 3.71. The van der Waals surface area contributed by atoms with Crippen LogP contribution in [0, 0.1) is 0 Å². The standard InChI is InChI=1S/C15H20Cl2O3/c16-11-5-4-6-12(17)14(11)13(7-10-18)20-15(19)8-2-1-3-9-15/h4-6,13,18-19H,1-3,7-10H2. The highest BCUT2D eigenvalue weighted by atomic mass is 35.5. The Morgan fingerprint density at radius 3 is 2.30 bits per heavy atom. The first-order chi connectivity index (χ1) is 9.56. The molecule has 2 N–H and O–H groups in total. The molecular weight excluding hydrogens is 299 g/mol. The zero-order valence-corrected chi connectivity index (χ0v) is 12.8. The Morgan fingerprint density at radius 1 is 1.15 bits per heavy atom. The molecule has 0 bridgehead atoms. The number of halogens is 2. The van der Waals surface area contributed by atoms with Crippen LogP contribution in [0.4, 0.5) is 0 Å². The Kier molecular flexibility index (Phi) is 5.70. The van der Waals surface area contributed by atoms with Gasteiger partial charge in [-0.2, -0.15) is 0 Å². The maximum absolute atomic E-state index is 10.5. The Hall–Kier alpha value is -0.320. The van der Waals surface area contributed by atoms with Crippen LogP contribution in [-0.4, -0.2) is 22.6 Å². The van der Waals surface area contributed by atoms with Gasteiger partial charge in [0.05, 0.1) is 6.10 Å². The van der Waals surface area contributed by atoms with Crippen LogP contribution in [0.5, 0.6) is 0 Å².